The number of morpholine rings is 1. The molecular formula is C70H105F3N12O15. The highest BCUT2D eigenvalue weighted by molar-refractivity contribution is 6.01. The molecule has 0 unspecified atom stereocenters. The van der Waals surface area contributed by atoms with Crippen molar-refractivity contribution in [1.82, 2.24) is 60.0 Å². The lowest BCUT2D eigenvalue weighted by Crippen LogP contribution is -2.65. The average molecular weight is 1410 g/mol. The number of hydrogen-bond donors (Lipinski definition) is 4. The second-order valence-electron chi connectivity index (χ2n) is 28.7. The normalized spacial score (nSPS) is 27.6. The van der Waals surface area contributed by atoms with E-state index in [-0.39, 0.29) is 109 Å². The molecule has 2 saturated carbocycles. The number of nitrogens with zero attached hydrogens (tertiary/aromatic N) is 9. The molecule has 1 spiro atoms. The van der Waals surface area contributed by atoms with Gasteiger partial charge in [-0.3, -0.25) is 62.3 Å². The molecule has 556 valence electrons. The van der Waals surface area contributed by atoms with E-state index >= 15 is 28.8 Å². The van der Waals surface area contributed by atoms with Crippen molar-refractivity contribution in [3.8, 4) is 0 Å². The van der Waals surface area contributed by atoms with Gasteiger partial charge in [0, 0.05) is 80.8 Å². The van der Waals surface area contributed by atoms with Crippen molar-refractivity contribution >= 4 is 76.9 Å². The van der Waals surface area contributed by atoms with Crippen LogP contribution in [0.2, 0.25) is 0 Å². The van der Waals surface area contributed by atoms with Crippen LogP contribution in [-0.4, -0.2) is 274 Å². The predicted molar refractivity (Wildman–Crippen MR) is 358 cm³/mol. The van der Waals surface area contributed by atoms with E-state index in [1.165, 1.54) is 76.5 Å². The summed E-state index contributed by atoms with van der Waals surface area (Å²) >= 11 is 0. The maximum absolute atomic E-state index is 15.6. The first-order valence-electron chi connectivity index (χ1n) is 35.6. The number of carbonyl (C=O) groups excluding carboxylic acids is 12. The van der Waals surface area contributed by atoms with Gasteiger partial charge in [0.1, 0.15) is 59.9 Å². The SMILES string of the molecule is CCCN1C(=O)[C@@H]2CCN2C(=O)[C@H](C)N(C)C(=O)[C@H]([C@@H](C)CC)NC(=O)[C@H](CC(C)C)N(C)C(=O)C[C@@H](C(=O)N2CCOCC2)N(C)C(=O)[C@H](C2CCCC2)N(C)C(=O)C2(CCCC2)NC(=O)[C@@H]2CCCN2C(=O)[C@H](CCC(=O)O)NC(=O)CN(C)C(=O)[C@@H]1Cc1ccc(C(F)(F)F)cc1. The zero-order valence-corrected chi connectivity index (χ0v) is 59.9. The van der Waals surface area contributed by atoms with Gasteiger partial charge in [-0.25, -0.2) is 0 Å². The number of nitrogens with one attached hydrogen (secondary N) is 3. The van der Waals surface area contributed by atoms with Crippen LogP contribution >= 0.6 is 0 Å². The zero-order chi connectivity index (χ0) is 73.8. The number of carbonyl (C=O) groups is 13. The maximum atomic E-state index is 15.6. The summed E-state index contributed by atoms with van der Waals surface area (Å²) in [6.07, 6.45) is -1.87. The van der Waals surface area contributed by atoms with Crippen LogP contribution in [0.3, 0.4) is 0 Å². The fourth-order valence-corrected chi connectivity index (χ4v) is 14.9. The third-order valence-corrected chi connectivity index (χ3v) is 21.4. The van der Waals surface area contributed by atoms with Gasteiger partial charge in [0.25, 0.3) is 0 Å². The van der Waals surface area contributed by atoms with E-state index in [0.717, 1.165) is 46.9 Å². The van der Waals surface area contributed by atoms with Gasteiger partial charge in [-0.05, 0) is 107 Å². The third kappa shape index (κ3) is 18.6. The molecule has 100 heavy (non-hydrogen) atoms. The lowest BCUT2D eigenvalue weighted by atomic mass is 9.90. The summed E-state index contributed by atoms with van der Waals surface area (Å²) in [7, 11) is 6.90. The number of aliphatic carboxylic acids is 1. The van der Waals surface area contributed by atoms with E-state index in [1.54, 1.807) is 20.8 Å². The highest BCUT2D eigenvalue weighted by Crippen LogP contribution is 2.38. The second-order valence-corrected chi connectivity index (χ2v) is 28.7. The fraction of sp³-hybridized carbons (Fsp3) is 0.729. The molecule has 6 fully saturated rings. The van der Waals surface area contributed by atoms with Crippen LogP contribution in [-0.2, 0) is 79.7 Å². The molecule has 4 saturated heterocycles. The minimum absolute atomic E-state index is 0.0161. The Hall–Kier alpha value is -7.92. The first-order valence-corrected chi connectivity index (χ1v) is 35.6. The summed E-state index contributed by atoms with van der Waals surface area (Å²) in [6, 6.07) is -8.04. The zero-order valence-electron chi connectivity index (χ0n) is 59.9. The Labute approximate surface area is 584 Å². The minimum Gasteiger partial charge on any atom is -0.481 e. The number of amides is 12. The van der Waals surface area contributed by atoms with Crippen LogP contribution in [0, 0.1) is 17.8 Å². The summed E-state index contributed by atoms with van der Waals surface area (Å²) in [4.78, 5) is 203. The van der Waals surface area contributed by atoms with Gasteiger partial charge in [0.15, 0.2) is 0 Å². The molecule has 4 heterocycles. The van der Waals surface area contributed by atoms with Crippen LogP contribution in [0.1, 0.15) is 162 Å². The molecule has 2 aliphatic carbocycles. The molecule has 30 heteroatoms. The van der Waals surface area contributed by atoms with E-state index in [4.69, 9.17) is 4.74 Å². The van der Waals surface area contributed by atoms with E-state index < -0.39 is 186 Å². The van der Waals surface area contributed by atoms with Crippen molar-refractivity contribution in [1.29, 1.82) is 0 Å². The molecule has 0 radical (unpaired) electrons. The standard InChI is InChI=1S/C70H105F3N12O15/c1-12-31-83-53(39-45-22-24-47(25-23-45)70(71,72)73)63(94)77(7)41-54(86)74-48(26-27-56(88)89)62(93)84-32-18-21-49(84)60(91)76-69(29-16-17-30-69)68(99)81(11)58(46-19-14-15-20-46)67(98)80(10)52(64(95)82-34-36-100-37-35-82)40-55(87)79(9)51(38-42(3)4)59(90)75-57(43(5)13-2)66(97)78(8)44(6)61(92)85-33-28-50(85)65(83)96/h22-25,42-44,46,48-53,57-58H,12-21,26-41H2,1-11H3,(H,74,86)(H,75,90)(H,76,91)(H,88,89)/t43-,44-,48-,49-,50-,51-,52-,53-,57-,58-/m0/s1. The van der Waals surface area contributed by atoms with Gasteiger partial charge < -0.3 is 69.9 Å². The van der Waals surface area contributed by atoms with Crippen molar-refractivity contribution in [2.24, 2.45) is 17.8 Å². The van der Waals surface area contributed by atoms with Crippen molar-refractivity contribution in [3.63, 3.8) is 0 Å². The van der Waals surface area contributed by atoms with Gasteiger partial charge in [-0.2, -0.15) is 13.2 Å². The summed E-state index contributed by atoms with van der Waals surface area (Å²) in [5.74, 6) is -11.2. The quantitative estimate of drug-likeness (QED) is 0.221. The fourth-order valence-electron chi connectivity index (χ4n) is 14.9. The lowest BCUT2D eigenvalue weighted by molar-refractivity contribution is -0.161. The summed E-state index contributed by atoms with van der Waals surface area (Å²) in [6.45, 7) is 10.1. The minimum atomic E-state index is -4.72. The predicted octanol–water partition coefficient (Wildman–Crippen LogP) is 3.04. The van der Waals surface area contributed by atoms with E-state index in [1.807, 2.05) is 13.8 Å². The first kappa shape index (κ1) is 79.4. The molecule has 6 aliphatic rings. The number of hydrogen-bond acceptors (Lipinski definition) is 14. The van der Waals surface area contributed by atoms with Gasteiger partial charge >= 0.3 is 12.1 Å². The highest BCUT2D eigenvalue weighted by Gasteiger charge is 2.52. The number of alkyl halides is 3. The number of ether oxygens (including phenoxy) is 1. The molecule has 12 amide bonds. The Kier molecular flexibility index (Phi) is 27.5. The van der Waals surface area contributed by atoms with Crippen molar-refractivity contribution in [3.05, 3.63) is 35.4 Å². The Balaban J connectivity index is 1.31. The second kappa shape index (κ2) is 34.6. The summed E-state index contributed by atoms with van der Waals surface area (Å²) in [5.41, 5.74) is -2.38. The molecule has 0 aromatic heterocycles. The van der Waals surface area contributed by atoms with E-state index in [0.29, 0.717) is 32.1 Å². The van der Waals surface area contributed by atoms with Crippen LogP contribution < -0.4 is 16.0 Å². The Morgan fingerprint density at radius 1 is 0.680 bits per heavy atom. The van der Waals surface area contributed by atoms with Gasteiger partial charge in [-0.15, -0.1) is 0 Å². The summed E-state index contributed by atoms with van der Waals surface area (Å²) < 4.78 is 47.2. The molecule has 0 bridgehead atoms. The van der Waals surface area contributed by atoms with Crippen LogP contribution in [0.4, 0.5) is 13.2 Å². The van der Waals surface area contributed by atoms with E-state index in [2.05, 4.69) is 16.0 Å². The number of benzene rings is 1. The topological polar surface area (TPSA) is 317 Å². The molecule has 4 aliphatic heterocycles. The number of carboxylic acids is 1. The van der Waals surface area contributed by atoms with E-state index in [9.17, 15) is 51.8 Å². The van der Waals surface area contributed by atoms with Crippen LogP contribution in [0.25, 0.3) is 0 Å². The van der Waals surface area contributed by atoms with Gasteiger partial charge in [0.2, 0.25) is 70.9 Å². The number of carboxylic acid groups (broad SMARTS) is 1. The number of halogens is 3. The molecule has 7 rings (SSSR count). The average Bonchev–Trinajstić information content (AvgIpc) is 1.33. The van der Waals surface area contributed by atoms with Crippen molar-refractivity contribution in [2.45, 2.75) is 223 Å². The van der Waals surface area contributed by atoms with Crippen LogP contribution in [0.15, 0.2) is 24.3 Å². The first-order chi connectivity index (χ1) is 47.2. The third-order valence-electron chi connectivity index (χ3n) is 21.4. The van der Waals surface area contributed by atoms with Crippen LogP contribution in [0.5, 0.6) is 0 Å². The van der Waals surface area contributed by atoms with Gasteiger partial charge in [-0.1, -0.05) is 78.9 Å². The molecule has 1 aromatic rings. The largest absolute Gasteiger partial charge is 0.481 e. The Bertz CT molecular complexity index is 3160. The Morgan fingerprint density at radius 2 is 1.31 bits per heavy atom. The lowest BCUT2D eigenvalue weighted by Gasteiger charge is -2.46. The molecule has 1 aromatic carbocycles. The maximum Gasteiger partial charge on any atom is 0.416 e. The number of likely N-dealkylation sites (N-methyl/N-ethyl adjacent to an activating group) is 5. The van der Waals surface area contributed by atoms with Crippen molar-refractivity contribution in [2.75, 3.05) is 87.7 Å². The Morgan fingerprint density at radius 3 is 1.88 bits per heavy atom. The monoisotopic (exact) mass is 1410 g/mol. The summed E-state index contributed by atoms with van der Waals surface area (Å²) in [5, 5.41) is 18.4. The number of fused-ring (bicyclic) bond motifs is 2. The number of rotatable bonds is 13. The van der Waals surface area contributed by atoms with Crippen molar-refractivity contribution < 1.29 is 85.3 Å². The molecule has 4 N–H and O–H groups in total. The molecule has 10 atom stereocenters. The van der Waals surface area contributed by atoms with Gasteiger partial charge in [0.05, 0.1) is 31.7 Å². The molecule has 27 nitrogen and oxygen atoms in total. The molecular weight excluding hydrogens is 1310 g/mol. The smallest absolute Gasteiger partial charge is 0.416 e. The highest BCUT2D eigenvalue weighted by atomic mass is 19.4.